The third kappa shape index (κ3) is 5.36. The monoisotopic (exact) mass is 205 g/mol. The largest absolute Gasteiger partial charge is 0.264 e. The van der Waals surface area contributed by atoms with Crippen LogP contribution < -0.4 is 0 Å². The summed E-state index contributed by atoms with van der Waals surface area (Å²) in [5, 5.41) is 0. The van der Waals surface area contributed by atoms with Gasteiger partial charge in [-0.15, -0.1) is 0 Å². The molecule has 84 valence electrons. The second-order valence-electron chi connectivity index (χ2n) is 3.50. The van der Waals surface area contributed by atoms with Gasteiger partial charge >= 0.3 is 0 Å². The van der Waals surface area contributed by atoms with Gasteiger partial charge in [0.1, 0.15) is 0 Å². The van der Waals surface area contributed by atoms with Gasteiger partial charge in [-0.3, -0.25) is 4.98 Å². The van der Waals surface area contributed by atoms with Gasteiger partial charge in [0.25, 0.3) is 0 Å². The van der Waals surface area contributed by atoms with Gasteiger partial charge in [0.05, 0.1) is 0 Å². The van der Waals surface area contributed by atoms with Crippen molar-refractivity contribution < 1.29 is 0 Å². The maximum absolute atomic E-state index is 4.10. The van der Waals surface area contributed by atoms with Crippen molar-refractivity contribution in [3.8, 4) is 0 Å². The number of pyridine rings is 1. The molecule has 1 atom stereocenters. The van der Waals surface area contributed by atoms with Crippen molar-refractivity contribution in [3.05, 3.63) is 41.7 Å². The Bertz CT molecular complexity index is 275. The van der Waals surface area contributed by atoms with Crippen LogP contribution in [0.4, 0.5) is 0 Å². The van der Waals surface area contributed by atoms with Gasteiger partial charge < -0.3 is 0 Å². The first kappa shape index (κ1) is 13.9. The van der Waals surface area contributed by atoms with Crippen LogP contribution in [0.15, 0.2) is 36.2 Å². The van der Waals surface area contributed by atoms with Crippen LogP contribution in [0.3, 0.4) is 0 Å². The zero-order valence-electron chi connectivity index (χ0n) is 10.6. The van der Waals surface area contributed by atoms with Crippen molar-refractivity contribution in [2.24, 2.45) is 5.92 Å². The Labute approximate surface area is 94.3 Å². The molecule has 0 saturated heterocycles. The highest BCUT2D eigenvalue weighted by molar-refractivity contribution is 5.13. The molecule has 1 aromatic heterocycles. The molecule has 0 aliphatic heterocycles. The normalized spacial score (nSPS) is 12.7. The van der Waals surface area contributed by atoms with E-state index in [1.807, 2.05) is 32.3 Å². The standard InChI is InChI=1S/C12H17N.C2H6/c1-4-10(2)11(3)8-12-6-5-7-13-9-12;1-2/h4-7,9,11H,8H2,1-3H3;1-2H3/b10-4+;. The Morgan fingerprint density at radius 1 is 1.47 bits per heavy atom. The molecule has 1 heterocycles. The minimum absolute atomic E-state index is 0.620. The molecule has 1 nitrogen and oxygen atoms in total. The highest BCUT2D eigenvalue weighted by Crippen LogP contribution is 2.15. The number of nitrogens with zero attached hydrogens (tertiary/aromatic N) is 1. The molecule has 1 aromatic rings. The SMILES string of the molecule is C/C=C(\C)C(C)Cc1cccnc1.CC. The molecule has 0 aliphatic carbocycles. The smallest absolute Gasteiger partial charge is 0.0300 e. The first-order valence-electron chi connectivity index (χ1n) is 5.75. The average molecular weight is 205 g/mol. The molecule has 0 saturated carbocycles. The molecule has 0 spiro atoms. The van der Waals surface area contributed by atoms with E-state index in [-0.39, 0.29) is 0 Å². The van der Waals surface area contributed by atoms with E-state index in [0.29, 0.717) is 5.92 Å². The lowest BCUT2D eigenvalue weighted by atomic mass is 9.95. The summed E-state index contributed by atoms with van der Waals surface area (Å²) in [5.74, 6) is 0.620. The molecule has 1 rings (SSSR count). The first-order valence-corrected chi connectivity index (χ1v) is 5.75. The molecular weight excluding hydrogens is 182 g/mol. The van der Waals surface area contributed by atoms with E-state index in [0.717, 1.165) is 6.42 Å². The third-order valence-corrected chi connectivity index (χ3v) is 2.50. The number of aromatic nitrogens is 1. The van der Waals surface area contributed by atoms with E-state index < -0.39 is 0 Å². The molecule has 1 unspecified atom stereocenters. The van der Waals surface area contributed by atoms with Crippen LogP contribution in [0.1, 0.15) is 40.2 Å². The number of hydrogen-bond acceptors (Lipinski definition) is 1. The van der Waals surface area contributed by atoms with Gasteiger partial charge in [0.15, 0.2) is 0 Å². The van der Waals surface area contributed by atoms with E-state index in [1.165, 1.54) is 11.1 Å². The van der Waals surface area contributed by atoms with Crippen LogP contribution in [-0.4, -0.2) is 4.98 Å². The maximum Gasteiger partial charge on any atom is 0.0300 e. The Hall–Kier alpha value is -1.11. The van der Waals surface area contributed by atoms with E-state index in [2.05, 4.69) is 37.9 Å². The molecule has 0 aliphatic rings. The van der Waals surface area contributed by atoms with Crippen LogP contribution in [0.25, 0.3) is 0 Å². The maximum atomic E-state index is 4.10. The van der Waals surface area contributed by atoms with Crippen molar-refractivity contribution in [1.29, 1.82) is 0 Å². The summed E-state index contributed by atoms with van der Waals surface area (Å²) in [7, 11) is 0. The first-order chi connectivity index (χ1) is 7.24. The highest BCUT2D eigenvalue weighted by atomic mass is 14.6. The lowest BCUT2D eigenvalue weighted by Crippen LogP contribution is -2.01. The Kier molecular flexibility index (Phi) is 7.61. The van der Waals surface area contributed by atoms with Crippen LogP contribution >= 0.6 is 0 Å². The van der Waals surface area contributed by atoms with E-state index in [9.17, 15) is 0 Å². The van der Waals surface area contributed by atoms with Gasteiger partial charge in [0.2, 0.25) is 0 Å². The van der Waals surface area contributed by atoms with Crippen LogP contribution in [0, 0.1) is 5.92 Å². The summed E-state index contributed by atoms with van der Waals surface area (Å²) in [6.45, 7) is 10.5. The lowest BCUT2D eigenvalue weighted by Gasteiger charge is -2.11. The predicted molar refractivity (Wildman–Crippen MR) is 67.9 cm³/mol. The Morgan fingerprint density at radius 3 is 2.60 bits per heavy atom. The molecule has 0 bridgehead atoms. The minimum atomic E-state index is 0.620. The lowest BCUT2D eigenvalue weighted by molar-refractivity contribution is 0.674. The van der Waals surface area contributed by atoms with Gasteiger partial charge in [0, 0.05) is 12.4 Å². The summed E-state index contributed by atoms with van der Waals surface area (Å²) in [4.78, 5) is 4.10. The second-order valence-corrected chi connectivity index (χ2v) is 3.50. The van der Waals surface area contributed by atoms with E-state index in [4.69, 9.17) is 0 Å². The average Bonchev–Trinajstić information content (AvgIpc) is 2.32. The number of hydrogen-bond donors (Lipinski definition) is 0. The predicted octanol–water partition coefficient (Wildman–Crippen LogP) is 4.25. The quantitative estimate of drug-likeness (QED) is 0.672. The molecule has 0 N–H and O–H groups in total. The van der Waals surface area contributed by atoms with Crippen molar-refractivity contribution in [1.82, 2.24) is 4.98 Å². The third-order valence-electron chi connectivity index (χ3n) is 2.50. The summed E-state index contributed by atoms with van der Waals surface area (Å²) in [6.07, 6.45) is 7.03. The molecule has 0 fully saturated rings. The molecule has 0 amide bonds. The van der Waals surface area contributed by atoms with Crippen LogP contribution in [0.2, 0.25) is 0 Å². The van der Waals surface area contributed by atoms with Crippen LogP contribution in [0.5, 0.6) is 0 Å². The minimum Gasteiger partial charge on any atom is -0.264 e. The van der Waals surface area contributed by atoms with E-state index in [1.54, 1.807) is 0 Å². The Balaban J connectivity index is 0.000000921. The summed E-state index contributed by atoms with van der Waals surface area (Å²) in [6, 6.07) is 4.12. The van der Waals surface area contributed by atoms with Gasteiger partial charge in [-0.2, -0.15) is 0 Å². The van der Waals surface area contributed by atoms with Gasteiger partial charge in [-0.25, -0.2) is 0 Å². The summed E-state index contributed by atoms with van der Waals surface area (Å²) < 4.78 is 0. The highest BCUT2D eigenvalue weighted by Gasteiger charge is 2.04. The van der Waals surface area contributed by atoms with Crippen molar-refractivity contribution in [2.45, 2.75) is 41.0 Å². The number of rotatable bonds is 3. The fourth-order valence-corrected chi connectivity index (χ4v) is 1.32. The molecule has 0 aromatic carbocycles. The topological polar surface area (TPSA) is 12.9 Å². The van der Waals surface area contributed by atoms with Crippen molar-refractivity contribution >= 4 is 0 Å². The summed E-state index contributed by atoms with van der Waals surface area (Å²) >= 11 is 0. The van der Waals surface area contributed by atoms with Crippen LogP contribution in [-0.2, 0) is 6.42 Å². The zero-order valence-corrected chi connectivity index (χ0v) is 10.6. The van der Waals surface area contributed by atoms with Gasteiger partial charge in [-0.1, -0.05) is 38.5 Å². The Morgan fingerprint density at radius 2 is 2.13 bits per heavy atom. The van der Waals surface area contributed by atoms with Crippen molar-refractivity contribution in [2.75, 3.05) is 0 Å². The second kappa shape index (κ2) is 8.22. The van der Waals surface area contributed by atoms with Gasteiger partial charge in [-0.05, 0) is 37.8 Å². The fraction of sp³-hybridized carbons (Fsp3) is 0.500. The number of allylic oxidation sites excluding steroid dienone is 2. The molecule has 1 heteroatoms. The summed E-state index contributed by atoms with van der Waals surface area (Å²) in [5.41, 5.74) is 2.76. The van der Waals surface area contributed by atoms with Crippen molar-refractivity contribution in [3.63, 3.8) is 0 Å². The molecule has 0 radical (unpaired) electrons. The fourth-order valence-electron chi connectivity index (χ4n) is 1.32. The van der Waals surface area contributed by atoms with E-state index >= 15 is 0 Å². The molecule has 15 heavy (non-hydrogen) atoms. The zero-order chi connectivity index (χ0) is 11.7. The molecular formula is C14H23N.